The molecule has 1 aromatic rings. The smallest absolute Gasteiger partial charge is 0.236 e. The summed E-state index contributed by atoms with van der Waals surface area (Å²) >= 11 is 0. The van der Waals surface area contributed by atoms with Crippen LogP contribution in [0.4, 0.5) is 0 Å². The predicted molar refractivity (Wildman–Crippen MR) is 65.6 cm³/mol. The molecule has 104 valence electrons. The molecule has 3 rings (SSSR count). The van der Waals surface area contributed by atoms with Crippen LogP contribution in [0.15, 0.2) is 4.52 Å². The Morgan fingerprint density at radius 3 is 2.74 bits per heavy atom. The van der Waals surface area contributed by atoms with Gasteiger partial charge in [-0.2, -0.15) is 4.98 Å². The summed E-state index contributed by atoms with van der Waals surface area (Å²) in [4.78, 5) is 20.2. The van der Waals surface area contributed by atoms with Gasteiger partial charge in [-0.05, 0) is 6.92 Å². The van der Waals surface area contributed by atoms with Gasteiger partial charge in [0, 0.05) is 26.2 Å². The molecule has 0 radical (unpaired) electrons. The number of hydrogen-bond donors (Lipinski definition) is 0. The zero-order chi connectivity index (χ0) is 13.2. The molecule has 0 saturated carbocycles. The molecule has 1 amide bonds. The molecule has 7 heteroatoms. The van der Waals surface area contributed by atoms with Crippen LogP contribution in [0.5, 0.6) is 0 Å². The quantitative estimate of drug-likeness (QED) is 0.743. The number of ether oxygens (including phenoxy) is 1. The molecule has 2 saturated heterocycles. The van der Waals surface area contributed by atoms with Gasteiger partial charge in [-0.25, -0.2) is 0 Å². The number of carbonyl (C=O) groups is 1. The average Bonchev–Trinajstić information content (AvgIpc) is 2.80. The van der Waals surface area contributed by atoms with Crippen molar-refractivity contribution in [3.05, 3.63) is 11.7 Å². The summed E-state index contributed by atoms with van der Waals surface area (Å²) in [5.74, 6) is 1.81. The first kappa shape index (κ1) is 12.6. The van der Waals surface area contributed by atoms with Crippen LogP contribution in [-0.4, -0.2) is 71.8 Å². The molecule has 0 unspecified atom stereocenters. The Balaban J connectivity index is 1.44. The monoisotopic (exact) mass is 266 g/mol. The van der Waals surface area contributed by atoms with E-state index in [9.17, 15) is 4.79 Å². The van der Waals surface area contributed by atoms with Crippen molar-refractivity contribution in [2.45, 2.75) is 12.8 Å². The van der Waals surface area contributed by atoms with Gasteiger partial charge in [-0.15, -0.1) is 0 Å². The van der Waals surface area contributed by atoms with Gasteiger partial charge in [0.25, 0.3) is 0 Å². The zero-order valence-corrected chi connectivity index (χ0v) is 11.0. The van der Waals surface area contributed by atoms with Crippen LogP contribution in [0.2, 0.25) is 0 Å². The highest BCUT2D eigenvalue weighted by atomic mass is 16.5. The van der Waals surface area contributed by atoms with Crippen molar-refractivity contribution in [1.82, 2.24) is 19.9 Å². The van der Waals surface area contributed by atoms with E-state index in [1.54, 1.807) is 0 Å². The van der Waals surface area contributed by atoms with E-state index in [0.29, 0.717) is 44.6 Å². The maximum absolute atomic E-state index is 12.0. The van der Waals surface area contributed by atoms with E-state index in [1.807, 2.05) is 11.8 Å². The predicted octanol–water partition coefficient (Wildman–Crippen LogP) is -0.364. The summed E-state index contributed by atoms with van der Waals surface area (Å²) in [6.07, 6.45) is 0. The van der Waals surface area contributed by atoms with Gasteiger partial charge < -0.3 is 14.2 Å². The van der Waals surface area contributed by atoms with E-state index in [2.05, 4.69) is 15.0 Å². The molecule has 19 heavy (non-hydrogen) atoms. The minimum atomic E-state index is 0.184. The first-order valence-corrected chi connectivity index (χ1v) is 6.60. The van der Waals surface area contributed by atoms with E-state index in [0.717, 1.165) is 13.1 Å². The number of likely N-dealkylation sites (tertiary alicyclic amines) is 1. The van der Waals surface area contributed by atoms with Crippen molar-refractivity contribution < 1.29 is 14.1 Å². The average molecular weight is 266 g/mol. The van der Waals surface area contributed by atoms with E-state index < -0.39 is 0 Å². The summed E-state index contributed by atoms with van der Waals surface area (Å²) in [5.41, 5.74) is 0. The van der Waals surface area contributed by atoms with Gasteiger partial charge in [-0.3, -0.25) is 9.69 Å². The number of aromatic nitrogens is 2. The van der Waals surface area contributed by atoms with Crippen molar-refractivity contribution in [3.63, 3.8) is 0 Å². The maximum atomic E-state index is 12.0. The fourth-order valence-electron chi connectivity index (χ4n) is 2.44. The zero-order valence-electron chi connectivity index (χ0n) is 11.0. The summed E-state index contributed by atoms with van der Waals surface area (Å²) in [6.45, 7) is 6.63. The van der Waals surface area contributed by atoms with Gasteiger partial charge in [0.2, 0.25) is 11.8 Å². The number of aryl methyl sites for hydroxylation is 1. The Morgan fingerprint density at radius 1 is 1.37 bits per heavy atom. The summed E-state index contributed by atoms with van der Waals surface area (Å²) < 4.78 is 10.4. The molecule has 0 aromatic carbocycles. The fourth-order valence-corrected chi connectivity index (χ4v) is 2.44. The number of amides is 1. The normalized spacial score (nSPS) is 21.4. The Bertz CT molecular complexity index is 450. The van der Waals surface area contributed by atoms with Gasteiger partial charge in [0.05, 0.1) is 25.7 Å². The second-order valence-electron chi connectivity index (χ2n) is 5.06. The van der Waals surface area contributed by atoms with E-state index in [4.69, 9.17) is 9.26 Å². The van der Waals surface area contributed by atoms with Gasteiger partial charge >= 0.3 is 0 Å². The largest absolute Gasteiger partial charge is 0.378 e. The molecule has 0 N–H and O–H groups in total. The Hall–Kier alpha value is -1.47. The lowest BCUT2D eigenvalue weighted by atomic mass is 10.0. The maximum Gasteiger partial charge on any atom is 0.236 e. The van der Waals surface area contributed by atoms with Crippen LogP contribution in [0.25, 0.3) is 0 Å². The third-order valence-electron chi connectivity index (χ3n) is 3.57. The molecule has 0 atom stereocenters. The van der Waals surface area contributed by atoms with Gasteiger partial charge in [0.1, 0.15) is 0 Å². The van der Waals surface area contributed by atoms with Crippen LogP contribution < -0.4 is 0 Å². The topological polar surface area (TPSA) is 71.7 Å². The molecular weight excluding hydrogens is 248 g/mol. The molecule has 2 fully saturated rings. The van der Waals surface area contributed by atoms with Crippen LogP contribution in [0, 0.1) is 6.92 Å². The fraction of sp³-hybridized carbons (Fsp3) is 0.750. The van der Waals surface area contributed by atoms with Crippen LogP contribution in [-0.2, 0) is 9.53 Å². The first-order chi connectivity index (χ1) is 9.22. The first-order valence-electron chi connectivity index (χ1n) is 6.60. The second-order valence-corrected chi connectivity index (χ2v) is 5.06. The molecule has 1 aromatic heterocycles. The molecule has 0 spiro atoms. The minimum Gasteiger partial charge on any atom is -0.378 e. The van der Waals surface area contributed by atoms with Crippen molar-refractivity contribution in [3.8, 4) is 0 Å². The van der Waals surface area contributed by atoms with Crippen LogP contribution >= 0.6 is 0 Å². The van der Waals surface area contributed by atoms with Crippen molar-refractivity contribution >= 4 is 5.91 Å². The highest BCUT2D eigenvalue weighted by Crippen LogP contribution is 2.25. The van der Waals surface area contributed by atoms with E-state index >= 15 is 0 Å². The summed E-state index contributed by atoms with van der Waals surface area (Å²) in [6, 6.07) is 0. The molecule has 7 nitrogen and oxygen atoms in total. The van der Waals surface area contributed by atoms with Crippen LogP contribution in [0.1, 0.15) is 17.6 Å². The SMILES string of the molecule is Cc1noc(C2CN(CC(=O)N3CCOCC3)C2)n1. The Kier molecular flexibility index (Phi) is 3.48. The molecule has 0 bridgehead atoms. The number of carbonyl (C=O) groups excluding carboxylic acids is 1. The number of hydrogen-bond acceptors (Lipinski definition) is 6. The van der Waals surface area contributed by atoms with Crippen molar-refractivity contribution in [1.29, 1.82) is 0 Å². The second kappa shape index (κ2) is 5.26. The van der Waals surface area contributed by atoms with Gasteiger partial charge in [-0.1, -0.05) is 5.16 Å². The minimum absolute atomic E-state index is 0.184. The molecule has 0 aliphatic carbocycles. The highest BCUT2D eigenvalue weighted by molar-refractivity contribution is 5.78. The Labute approximate surface area is 111 Å². The van der Waals surface area contributed by atoms with Crippen molar-refractivity contribution in [2.24, 2.45) is 0 Å². The lowest BCUT2D eigenvalue weighted by Gasteiger charge is -2.38. The van der Waals surface area contributed by atoms with E-state index in [1.165, 1.54) is 0 Å². The molecule has 2 aliphatic rings. The number of rotatable bonds is 3. The van der Waals surface area contributed by atoms with Gasteiger partial charge in [0.15, 0.2) is 5.82 Å². The number of nitrogens with zero attached hydrogens (tertiary/aromatic N) is 4. The standard InChI is InChI=1S/C12H18N4O3/c1-9-13-12(19-14-9)10-6-15(7-10)8-11(17)16-2-4-18-5-3-16/h10H,2-8H2,1H3. The van der Waals surface area contributed by atoms with Crippen molar-refractivity contribution in [2.75, 3.05) is 45.9 Å². The third kappa shape index (κ3) is 2.76. The Morgan fingerprint density at radius 2 is 2.11 bits per heavy atom. The lowest BCUT2D eigenvalue weighted by Crippen LogP contribution is -2.52. The highest BCUT2D eigenvalue weighted by Gasteiger charge is 2.34. The van der Waals surface area contributed by atoms with Crippen LogP contribution in [0.3, 0.4) is 0 Å². The lowest BCUT2D eigenvalue weighted by molar-refractivity contribution is -0.137. The third-order valence-corrected chi connectivity index (χ3v) is 3.57. The molecular formula is C12H18N4O3. The summed E-state index contributed by atoms with van der Waals surface area (Å²) in [7, 11) is 0. The number of morpholine rings is 1. The summed E-state index contributed by atoms with van der Waals surface area (Å²) in [5, 5.41) is 3.79. The van der Waals surface area contributed by atoms with E-state index in [-0.39, 0.29) is 11.8 Å². The molecule has 3 heterocycles. The molecule has 2 aliphatic heterocycles.